The van der Waals surface area contributed by atoms with Crippen molar-refractivity contribution in [2.24, 2.45) is 5.73 Å². The maximum Gasteiger partial charge on any atom is 0.0256 e. The van der Waals surface area contributed by atoms with Gasteiger partial charge in [-0.1, -0.05) is 0 Å². The van der Waals surface area contributed by atoms with Gasteiger partial charge in [0.05, 0.1) is 0 Å². The van der Waals surface area contributed by atoms with Crippen LogP contribution in [0.15, 0.2) is 0 Å². The number of nitrogens with two attached hydrogens (primary N) is 1. The average Bonchev–Trinajstić information content (AvgIpc) is 1.67. The SMILES string of the molecule is CSCC(S)[C@H](C)N. The largest absolute Gasteiger partial charge is 0.327 e. The van der Waals surface area contributed by atoms with Gasteiger partial charge in [-0.2, -0.15) is 24.4 Å². The summed E-state index contributed by atoms with van der Waals surface area (Å²) in [6.07, 6.45) is 2.06. The van der Waals surface area contributed by atoms with Crippen LogP contribution in [0.1, 0.15) is 6.92 Å². The molecule has 0 fully saturated rings. The van der Waals surface area contributed by atoms with Gasteiger partial charge in [0.15, 0.2) is 0 Å². The zero-order valence-electron chi connectivity index (χ0n) is 5.29. The fourth-order valence-corrected chi connectivity index (χ4v) is 1.41. The first-order valence-electron chi connectivity index (χ1n) is 2.61. The lowest BCUT2D eigenvalue weighted by Gasteiger charge is -2.11. The summed E-state index contributed by atoms with van der Waals surface area (Å²) < 4.78 is 0. The van der Waals surface area contributed by atoms with Crippen molar-refractivity contribution in [3.8, 4) is 0 Å². The minimum atomic E-state index is 0.214. The molecule has 8 heavy (non-hydrogen) atoms. The highest BCUT2D eigenvalue weighted by Crippen LogP contribution is 2.05. The van der Waals surface area contributed by atoms with Gasteiger partial charge in [-0.3, -0.25) is 0 Å². The van der Waals surface area contributed by atoms with Crippen molar-refractivity contribution in [1.29, 1.82) is 0 Å². The van der Waals surface area contributed by atoms with Crippen molar-refractivity contribution in [3.05, 3.63) is 0 Å². The molecule has 1 nitrogen and oxygen atoms in total. The molecule has 0 aliphatic carbocycles. The quantitative estimate of drug-likeness (QED) is 0.588. The van der Waals surface area contributed by atoms with Gasteiger partial charge in [0.2, 0.25) is 0 Å². The van der Waals surface area contributed by atoms with Crippen LogP contribution in [-0.2, 0) is 0 Å². The summed E-state index contributed by atoms with van der Waals surface area (Å²) in [6, 6.07) is 0.214. The first-order valence-corrected chi connectivity index (χ1v) is 4.52. The Kier molecular flexibility index (Phi) is 4.90. The fraction of sp³-hybridized carbons (Fsp3) is 1.00. The molecule has 0 spiro atoms. The molecule has 0 aromatic rings. The maximum atomic E-state index is 5.53. The van der Waals surface area contributed by atoms with Crippen LogP contribution in [0.25, 0.3) is 0 Å². The number of hydrogen-bond acceptors (Lipinski definition) is 3. The number of thioether (sulfide) groups is 1. The highest BCUT2D eigenvalue weighted by molar-refractivity contribution is 7.99. The first kappa shape index (κ1) is 8.66. The Morgan fingerprint density at radius 2 is 2.25 bits per heavy atom. The standard InChI is InChI=1S/C5H13NS2/c1-4(6)5(7)3-8-2/h4-5,7H,3,6H2,1-2H3/t4-,5?/m0/s1. The molecule has 1 unspecified atom stereocenters. The normalized spacial score (nSPS) is 18.0. The molecular weight excluding hydrogens is 138 g/mol. The predicted octanol–water partition coefficient (Wildman–Crippen LogP) is 0.995. The van der Waals surface area contributed by atoms with Crippen LogP contribution in [0.5, 0.6) is 0 Å². The Bertz CT molecular complexity index is 56.4. The maximum absolute atomic E-state index is 5.53. The third kappa shape index (κ3) is 3.64. The van der Waals surface area contributed by atoms with E-state index in [4.69, 9.17) is 5.73 Å². The number of thiol groups is 1. The summed E-state index contributed by atoms with van der Waals surface area (Å²) in [5, 5.41) is 0.352. The third-order valence-electron chi connectivity index (χ3n) is 0.944. The second-order valence-corrected chi connectivity index (χ2v) is 3.46. The molecule has 0 radical (unpaired) electrons. The van der Waals surface area contributed by atoms with E-state index in [1.807, 2.05) is 6.92 Å². The van der Waals surface area contributed by atoms with Crippen LogP contribution in [0, 0.1) is 0 Å². The number of hydrogen-bond donors (Lipinski definition) is 2. The van der Waals surface area contributed by atoms with Crippen LogP contribution in [0.3, 0.4) is 0 Å². The fourth-order valence-electron chi connectivity index (χ4n) is 0.323. The average molecular weight is 151 g/mol. The minimum absolute atomic E-state index is 0.214. The van der Waals surface area contributed by atoms with Gasteiger partial charge in [0, 0.05) is 17.0 Å². The lowest BCUT2D eigenvalue weighted by atomic mass is 10.3. The van der Waals surface area contributed by atoms with E-state index in [9.17, 15) is 0 Å². The Labute approximate surface area is 60.8 Å². The predicted molar refractivity (Wildman–Crippen MR) is 44.8 cm³/mol. The van der Waals surface area contributed by atoms with E-state index >= 15 is 0 Å². The summed E-state index contributed by atoms with van der Waals surface area (Å²) in [4.78, 5) is 0. The van der Waals surface area contributed by atoms with Crippen LogP contribution in [-0.4, -0.2) is 23.3 Å². The summed E-state index contributed by atoms with van der Waals surface area (Å²) in [5.41, 5.74) is 5.53. The van der Waals surface area contributed by atoms with Gasteiger partial charge in [-0.25, -0.2) is 0 Å². The second kappa shape index (κ2) is 4.53. The Hall–Kier alpha value is 0.660. The molecule has 0 aromatic heterocycles. The van der Waals surface area contributed by atoms with Crippen molar-refractivity contribution >= 4 is 24.4 Å². The molecule has 0 rings (SSSR count). The van der Waals surface area contributed by atoms with Gasteiger partial charge < -0.3 is 5.73 Å². The molecule has 0 heterocycles. The zero-order valence-corrected chi connectivity index (χ0v) is 7.01. The monoisotopic (exact) mass is 151 g/mol. The molecule has 0 saturated carbocycles. The van der Waals surface area contributed by atoms with Crippen molar-refractivity contribution in [3.63, 3.8) is 0 Å². The summed E-state index contributed by atoms with van der Waals surface area (Å²) in [6.45, 7) is 1.98. The Morgan fingerprint density at radius 1 is 1.75 bits per heavy atom. The topological polar surface area (TPSA) is 26.0 Å². The van der Waals surface area contributed by atoms with Crippen LogP contribution in [0.2, 0.25) is 0 Å². The first-order chi connectivity index (χ1) is 3.68. The smallest absolute Gasteiger partial charge is 0.0256 e. The van der Waals surface area contributed by atoms with Gasteiger partial charge in [-0.05, 0) is 13.2 Å². The van der Waals surface area contributed by atoms with Gasteiger partial charge in [0.1, 0.15) is 0 Å². The molecule has 0 bridgehead atoms. The highest BCUT2D eigenvalue weighted by atomic mass is 32.2. The molecule has 0 aliphatic heterocycles. The zero-order chi connectivity index (χ0) is 6.57. The molecule has 50 valence electrons. The van der Waals surface area contributed by atoms with E-state index in [1.54, 1.807) is 11.8 Å². The molecule has 2 N–H and O–H groups in total. The minimum Gasteiger partial charge on any atom is -0.327 e. The summed E-state index contributed by atoms with van der Waals surface area (Å²) in [5.74, 6) is 1.04. The lowest BCUT2D eigenvalue weighted by molar-refractivity contribution is 0.741. The number of rotatable bonds is 3. The molecule has 0 aromatic carbocycles. The second-order valence-electron chi connectivity index (χ2n) is 1.88. The van der Waals surface area contributed by atoms with E-state index in [0.717, 1.165) is 5.75 Å². The van der Waals surface area contributed by atoms with E-state index < -0.39 is 0 Å². The van der Waals surface area contributed by atoms with Crippen molar-refractivity contribution in [1.82, 2.24) is 0 Å². The van der Waals surface area contributed by atoms with E-state index in [2.05, 4.69) is 18.9 Å². The summed E-state index contributed by atoms with van der Waals surface area (Å²) in [7, 11) is 0. The summed E-state index contributed by atoms with van der Waals surface area (Å²) >= 11 is 6.04. The molecule has 0 saturated heterocycles. The van der Waals surface area contributed by atoms with Crippen molar-refractivity contribution in [2.45, 2.75) is 18.2 Å². The van der Waals surface area contributed by atoms with Crippen LogP contribution < -0.4 is 5.73 Å². The van der Waals surface area contributed by atoms with E-state index in [1.165, 1.54) is 0 Å². The third-order valence-corrected chi connectivity index (χ3v) is 2.54. The van der Waals surface area contributed by atoms with Crippen LogP contribution >= 0.6 is 24.4 Å². The Morgan fingerprint density at radius 3 is 2.38 bits per heavy atom. The molecule has 0 aliphatic rings. The Balaban J connectivity index is 3.17. The van der Waals surface area contributed by atoms with Crippen molar-refractivity contribution < 1.29 is 0 Å². The van der Waals surface area contributed by atoms with E-state index in [-0.39, 0.29) is 6.04 Å². The van der Waals surface area contributed by atoms with Crippen molar-refractivity contribution in [2.75, 3.05) is 12.0 Å². The van der Waals surface area contributed by atoms with Gasteiger partial charge in [-0.15, -0.1) is 0 Å². The van der Waals surface area contributed by atoms with Crippen LogP contribution in [0.4, 0.5) is 0 Å². The highest BCUT2D eigenvalue weighted by Gasteiger charge is 2.05. The van der Waals surface area contributed by atoms with Gasteiger partial charge >= 0.3 is 0 Å². The molecule has 2 atom stereocenters. The molecular formula is C5H13NS2. The molecule has 3 heteroatoms. The molecule has 0 amide bonds. The van der Waals surface area contributed by atoms with E-state index in [0.29, 0.717) is 5.25 Å². The lowest BCUT2D eigenvalue weighted by Crippen LogP contribution is -2.28. The van der Waals surface area contributed by atoms with Gasteiger partial charge in [0.25, 0.3) is 0 Å².